The van der Waals surface area contributed by atoms with E-state index in [1.54, 1.807) is 12.1 Å². The molecule has 1 N–H and O–H groups in total. The van der Waals surface area contributed by atoms with Gasteiger partial charge in [0.15, 0.2) is 0 Å². The van der Waals surface area contributed by atoms with Crippen molar-refractivity contribution < 1.29 is 36.2 Å². The predicted octanol–water partition coefficient (Wildman–Crippen LogP) is 4.84. The maximum absolute atomic E-state index is 13.0. The zero-order valence-corrected chi connectivity index (χ0v) is 15.3. The van der Waals surface area contributed by atoms with Gasteiger partial charge in [-0.3, -0.25) is 9.78 Å². The first-order valence-corrected chi connectivity index (χ1v) is 8.62. The average molecular weight is 420 g/mol. The van der Waals surface area contributed by atoms with Crippen molar-refractivity contribution >= 4 is 11.6 Å². The number of nitrogens with zero attached hydrogens (tertiary/aromatic N) is 2. The van der Waals surface area contributed by atoms with Gasteiger partial charge in [0.25, 0.3) is 11.5 Å². The van der Waals surface area contributed by atoms with Gasteiger partial charge in [-0.15, -0.1) is 0 Å². The van der Waals surface area contributed by atoms with Crippen molar-refractivity contribution in [3.63, 3.8) is 0 Å². The summed E-state index contributed by atoms with van der Waals surface area (Å²) in [6.07, 6.45) is -9.31. The summed E-state index contributed by atoms with van der Waals surface area (Å²) in [5.74, 6) is -0.547. The van der Waals surface area contributed by atoms with E-state index in [-0.39, 0.29) is 17.9 Å². The molecule has 0 saturated carbocycles. The number of alkyl halides is 6. The van der Waals surface area contributed by atoms with Crippen LogP contribution < -0.4 is 4.90 Å². The van der Waals surface area contributed by atoms with E-state index in [9.17, 15) is 36.2 Å². The number of halogens is 6. The normalized spacial score (nSPS) is 12.7. The Morgan fingerprint density at radius 1 is 1.00 bits per heavy atom. The number of amides is 1. The maximum atomic E-state index is 13.0. The van der Waals surface area contributed by atoms with E-state index in [0.29, 0.717) is 25.0 Å². The number of benzene rings is 1. The van der Waals surface area contributed by atoms with Gasteiger partial charge in [0.2, 0.25) is 0 Å². The van der Waals surface area contributed by atoms with Crippen molar-refractivity contribution in [3.8, 4) is 0 Å². The number of unbranched alkanes of at least 4 members (excludes halogenated alkanes) is 1. The van der Waals surface area contributed by atoms with Gasteiger partial charge in [-0.25, -0.2) is 0 Å². The van der Waals surface area contributed by atoms with E-state index in [1.165, 1.54) is 17.2 Å². The molecule has 0 atom stereocenters. The molecule has 0 unspecified atom stereocenters. The Bertz CT molecular complexity index is 805. The second kappa shape index (κ2) is 8.40. The van der Waals surface area contributed by atoms with Crippen LogP contribution in [-0.4, -0.2) is 34.9 Å². The van der Waals surface area contributed by atoms with Crippen molar-refractivity contribution in [1.82, 2.24) is 4.98 Å². The lowest BCUT2D eigenvalue weighted by atomic mass is 9.92. The van der Waals surface area contributed by atoms with E-state index in [1.807, 2.05) is 6.92 Å². The van der Waals surface area contributed by atoms with Crippen molar-refractivity contribution in [2.24, 2.45) is 0 Å². The average Bonchev–Trinajstić information content (AvgIpc) is 2.67. The molecule has 0 saturated heterocycles. The molecular formula is C19H18F6N2O2. The Labute approximate surface area is 162 Å². The zero-order valence-electron chi connectivity index (χ0n) is 15.3. The third-order valence-corrected chi connectivity index (χ3v) is 4.28. The molecule has 1 amide bonds. The van der Waals surface area contributed by atoms with E-state index < -0.39 is 29.4 Å². The van der Waals surface area contributed by atoms with Gasteiger partial charge >= 0.3 is 12.4 Å². The van der Waals surface area contributed by atoms with Crippen LogP contribution in [0.5, 0.6) is 0 Å². The largest absolute Gasteiger partial charge is 0.430 e. The maximum Gasteiger partial charge on any atom is 0.430 e. The highest BCUT2D eigenvalue weighted by atomic mass is 19.4. The van der Waals surface area contributed by atoms with Gasteiger partial charge < -0.3 is 10.0 Å². The molecule has 1 heterocycles. The topological polar surface area (TPSA) is 53.4 Å². The van der Waals surface area contributed by atoms with Crippen LogP contribution in [0.4, 0.5) is 32.0 Å². The first kappa shape index (κ1) is 22.7. The first-order valence-electron chi connectivity index (χ1n) is 8.62. The van der Waals surface area contributed by atoms with Crippen LogP contribution >= 0.6 is 0 Å². The zero-order chi connectivity index (χ0) is 21.9. The summed E-state index contributed by atoms with van der Waals surface area (Å²) in [6, 6.07) is 7.53. The summed E-state index contributed by atoms with van der Waals surface area (Å²) >= 11 is 0. The fourth-order valence-corrected chi connectivity index (χ4v) is 2.66. The quantitative estimate of drug-likeness (QED) is 0.681. The Hall–Kier alpha value is -2.62. The Balaban J connectivity index is 2.44. The van der Waals surface area contributed by atoms with Crippen LogP contribution in [0.15, 0.2) is 48.7 Å². The number of pyridine rings is 1. The minimum absolute atomic E-state index is 0.0785. The molecule has 2 aromatic rings. The number of anilines is 1. The first-order chi connectivity index (χ1) is 13.4. The van der Waals surface area contributed by atoms with Crippen molar-refractivity contribution in [1.29, 1.82) is 0 Å². The number of aliphatic hydroxyl groups is 1. The molecule has 0 aliphatic carbocycles. The van der Waals surface area contributed by atoms with Crippen molar-refractivity contribution in [3.05, 3.63) is 59.9 Å². The van der Waals surface area contributed by atoms with Gasteiger partial charge in [0.1, 0.15) is 5.69 Å². The van der Waals surface area contributed by atoms with Crippen LogP contribution in [0.2, 0.25) is 0 Å². The van der Waals surface area contributed by atoms with Crippen LogP contribution in [0, 0.1) is 0 Å². The number of carbonyl (C=O) groups excluding carboxylic acids is 1. The van der Waals surface area contributed by atoms with Gasteiger partial charge in [0.05, 0.1) is 0 Å². The van der Waals surface area contributed by atoms with E-state index in [0.717, 1.165) is 12.1 Å². The molecule has 0 radical (unpaired) electrons. The molecule has 4 nitrogen and oxygen atoms in total. The Morgan fingerprint density at radius 3 is 2.03 bits per heavy atom. The lowest BCUT2D eigenvalue weighted by Gasteiger charge is -2.33. The number of aromatic nitrogens is 1. The van der Waals surface area contributed by atoms with Crippen LogP contribution in [0.3, 0.4) is 0 Å². The third kappa shape index (κ3) is 4.52. The second-order valence-electron chi connectivity index (χ2n) is 6.28. The van der Waals surface area contributed by atoms with Crippen LogP contribution in [0.25, 0.3) is 0 Å². The minimum atomic E-state index is -5.97. The van der Waals surface area contributed by atoms with Gasteiger partial charge in [-0.2, -0.15) is 26.3 Å². The smallest absolute Gasteiger partial charge is 0.369 e. The second-order valence-corrected chi connectivity index (χ2v) is 6.28. The molecular weight excluding hydrogens is 402 g/mol. The van der Waals surface area contributed by atoms with Crippen molar-refractivity contribution in [2.75, 3.05) is 11.4 Å². The summed E-state index contributed by atoms with van der Waals surface area (Å²) in [7, 11) is 0. The highest BCUT2D eigenvalue weighted by Crippen LogP contribution is 2.50. The molecule has 1 aromatic heterocycles. The van der Waals surface area contributed by atoms with Gasteiger partial charge in [-0.1, -0.05) is 31.5 Å². The van der Waals surface area contributed by atoms with Gasteiger partial charge in [-0.05, 0) is 30.7 Å². The number of carbonyl (C=O) groups is 1. The van der Waals surface area contributed by atoms with Crippen molar-refractivity contribution in [2.45, 2.75) is 37.7 Å². The molecule has 0 bridgehead atoms. The molecule has 2 rings (SSSR count). The SMILES string of the molecule is CCCCN(C(=O)c1ccccn1)c1ccc(C(O)(C(F)(F)F)C(F)(F)F)cc1. The third-order valence-electron chi connectivity index (χ3n) is 4.28. The molecule has 0 aliphatic rings. The minimum Gasteiger partial charge on any atom is -0.369 e. The number of hydrogen-bond acceptors (Lipinski definition) is 3. The van der Waals surface area contributed by atoms with Crippen LogP contribution in [0.1, 0.15) is 35.8 Å². The Kier molecular flexibility index (Phi) is 6.56. The monoisotopic (exact) mass is 420 g/mol. The molecule has 0 aliphatic heterocycles. The molecule has 10 heteroatoms. The molecule has 1 aromatic carbocycles. The fraction of sp³-hybridized carbons (Fsp3) is 0.368. The lowest BCUT2D eigenvalue weighted by molar-refractivity contribution is -0.376. The highest BCUT2D eigenvalue weighted by Gasteiger charge is 2.71. The fourth-order valence-electron chi connectivity index (χ4n) is 2.66. The molecule has 29 heavy (non-hydrogen) atoms. The molecule has 158 valence electrons. The summed E-state index contributed by atoms with van der Waals surface area (Å²) in [6.45, 7) is 2.05. The Morgan fingerprint density at radius 2 is 1.59 bits per heavy atom. The number of hydrogen-bond donors (Lipinski definition) is 1. The van der Waals surface area contributed by atoms with E-state index in [4.69, 9.17) is 0 Å². The summed E-state index contributed by atoms with van der Waals surface area (Å²) in [5, 5.41) is 9.47. The predicted molar refractivity (Wildman–Crippen MR) is 93.3 cm³/mol. The standard InChI is InChI=1S/C19H18F6N2O2/c1-2-3-12-27(16(28)15-6-4-5-11-26-15)14-9-7-13(8-10-14)17(29,18(20,21)22)19(23,24)25/h4-11,29H,2-3,12H2,1H3. The lowest BCUT2D eigenvalue weighted by Crippen LogP contribution is -2.53. The van der Waals surface area contributed by atoms with E-state index >= 15 is 0 Å². The van der Waals surface area contributed by atoms with Gasteiger partial charge in [0, 0.05) is 24.0 Å². The highest BCUT2D eigenvalue weighted by molar-refractivity contribution is 6.04. The summed E-state index contributed by atoms with van der Waals surface area (Å²) in [5.41, 5.74) is -6.24. The van der Waals surface area contributed by atoms with E-state index in [2.05, 4.69) is 4.98 Å². The molecule has 0 spiro atoms. The summed E-state index contributed by atoms with van der Waals surface area (Å²) in [4.78, 5) is 17.8. The molecule has 0 fully saturated rings. The summed E-state index contributed by atoms with van der Waals surface area (Å²) < 4.78 is 78.1. The van der Waals surface area contributed by atoms with Crippen LogP contribution in [-0.2, 0) is 5.60 Å². The number of rotatable bonds is 6.